The highest BCUT2D eigenvalue weighted by Gasteiger charge is 2.06. The molecule has 2 aromatic rings. The summed E-state index contributed by atoms with van der Waals surface area (Å²) >= 11 is 1.72. The standard InChI is InChI=1S/C14H20N2O2S/c1-17-7-8-18-6-5-16-4-3-12-13(16)9-11(15)10-14(12)19-2/h3-4,9-10H,5-8,15H2,1-2H3. The van der Waals surface area contributed by atoms with Gasteiger partial charge in [0.2, 0.25) is 0 Å². The summed E-state index contributed by atoms with van der Waals surface area (Å²) in [6.07, 6.45) is 4.16. The average Bonchev–Trinajstić information content (AvgIpc) is 2.81. The van der Waals surface area contributed by atoms with Crippen LogP contribution in [0.2, 0.25) is 0 Å². The number of anilines is 1. The maximum absolute atomic E-state index is 5.95. The minimum Gasteiger partial charge on any atom is -0.399 e. The van der Waals surface area contributed by atoms with Gasteiger partial charge in [0.05, 0.1) is 25.3 Å². The monoisotopic (exact) mass is 280 g/mol. The van der Waals surface area contributed by atoms with E-state index in [1.54, 1.807) is 18.9 Å². The van der Waals surface area contributed by atoms with E-state index in [9.17, 15) is 0 Å². The molecule has 0 amide bonds. The molecule has 0 saturated carbocycles. The molecule has 5 heteroatoms. The molecular weight excluding hydrogens is 260 g/mol. The van der Waals surface area contributed by atoms with Crippen LogP contribution in [-0.2, 0) is 16.0 Å². The van der Waals surface area contributed by atoms with E-state index in [-0.39, 0.29) is 0 Å². The Bertz CT molecular complexity index is 539. The number of nitrogens with two attached hydrogens (primary N) is 1. The predicted octanol–water partition coefficient (Wildman–Crippen LogP) is 2.61. The van der Waals surface area contributed by atoms with Crippen molar-refractivity contribution >= 4 is 28.4 Å². The van der Waals surface area contributed by atoms with Gasteiger partial charge >= 0.3 is 0 Å². The van der Waals surface area contributed by atoms with Crippen LogP contribution >= 0.6 is 11.8 Å². The maximum atomic E-state index is 5.95. The average molecular weight is 280 g/mol. The van der Waals surface area contributed by atoms with Gasteiger partial charge in [-0.1, -0.05) is 0 Å². The van der Waals surface area contributed by atoms with Crippen LogP contribution in [0.25, 0.3) is 10.9 Å². The second kappa shape index (κ2) is 6.84. The second-order valence-electron chi connectivity index (χ2n) is 4.27. The van der Waals surface area contributed by atoms with Crippen LogP contribution in [0.5, 0.6) is 0 Å². The minimum absolute atomic E-state index is 0.633. The smallest absolute Gasteiger partial charge is 0.0701 e. The number of fused-ring (bicyclic) bond motifs is 1. The van der Waals surface area contributed by atoms with Crippen molar-refractivity contribution in [2.45, 2.75) is 11.4 Å². The molecule has 1 heterocycles. The molecule has 4 nitrogen and oxygen atoms in total. The number of nitrogen functional groups attached to an aromatic ring is 1. The van der Waals surface area contributed by atoms with Gasteiger partial charge in [-0.25, -0.2) is 0 Å². The molecule has 0 spiro atoms. The Morgan fingerprint density at radius 3 is 2.84 bits per heavy atom. The molecule has 0 aliphatic rings. The molecule has 2 N–H and O–H groups in total. The number of benzene rings is 1. The lowest BCUT2D eigenvalue weighted by Crippen LogP contribution is -2.08. The molecule has 104 valence electrons. The topological polar surface area (TPSA) is 49.4 Å². The largest absolute Gasteiger partial charge is 0.399 e. The van der Waals surface area contributed by atoms with E-state index >= 15 is 0 Å². The van der Waals surface area contributed by atoms with Crippen molar-refractivity contribution in [3.63, 3.8) is 0 Å². The molecule has 0 aliphatic carbocycles. The first-order valence-electron chi connectivity index (χ1n) is 6.25. The van der Waals surface area contributed by atoms with Gasteiger partial charge in [-0.3, -0.25) is 0 Å². The summed E-state index contributed by atoms with van der Waals surface area (Å²) < 4.78 is 12.6. The fourth-order valence-corrected chi connectivity index (χ4v) is 2.70. The summed E-state index contributed by atoms with van der Waals surface area (Å²) in [5.74, 6) is 0. The normalized spacial score (nSPS) is 11.3. The Kier molecular flexibility index (Phi) is 5.13. The summed E-state index contributed by atoms with van der Waals surface area (Å²) in [6.45, 7) is 2.77. The Balaban J connectivity index is 2.09. The number of nitrogens with zero attached hydrogens (tertiary/aromatic N) is 1. The van der Waals surface area contributed by atoms with E-state index in [1.807, 2.05) is 12.1 Å². The highest BCUT2D eigenvalue weighted by atomic mass is 32.2. The predicted molar refractivity (Wildman–Crippen MR) is 80.8 cm³/mol. The first kappa shape index (κ1) is 14.2. The third-order valence-corrected chi connectivity index (χ3v) is 3.78. The van der Waals surface area contributed by atoms with Gasteiger partial charge in [-0.15, -0.1) is 11.8 Å². The zero-order valence-electron chi connectivity index (χ0n) is 11.4. The number of rotatable bonds is 7. The summed E-state index contributed by atoms with van der Waals surface area (Å²) in [5, 5.41) is 1.25. The number of aromatic nitrogens is 1. The second-order valence-corrected chi connectivity index (χ2v) is 5.12. The third kappa shape index (κ3) is 3.43. The van der Waals surface area contributed by atoms with Crippen molar-refractivity contribution in [1.82, 2.24) is 4.57 Å². The van der Waals surface area contributed by atoms with Crippen LogP contribution < -0.4 is 5.73 Å². The fourth-order valence-electron chi connectivity index (χ4n) is 2.05. The van der Waals surface area contributed by atoms with Crippen LogP contribution in [0, 0.1) is 0 Å². The number of ether oxygens (including phenoxy) is 2. The van der Waals surface area contributed by atoms with Gasteiger partial charge in [0, 0.05) is 35.8 Å². The molecular formula is C14H20N2O2S. The highest BCUT2D eigenvalue weighted by molar-refractivity contribution is 7.98. The molecule has 0 bridgehead atoms. The number of hydrogen-bond donors (Lipinski definition) is 1. The van der Waals surface area contributed by atoms with Gasteiger partial charge < -0.3 is 19.8 Å². The van der Waals surface area contributed by atoms with Crippen LogP contribution in [0.15, 0.2) is 29.3 Å². The van der Waals surface area contributed by atoms with Crippen molar-refractivity contribution in [3.8, 4) is 0 Å². The molecule has 0 radical (unpaired) electrons. The van der Waals surface area contributed by atoms with Crippen molar-refractivity contribution in [2.75, 3.05) is 38.9 Å². The zero-order valence-corrected chi connectivity index (χ0v) is 12.2. The molecule has 19 heavy (non-hydrogen) atoms. The Morgan fingerprint density at radius 2 is 2.11 bits per heavy atom. The SMILES string of the molecule is COCCOCCn1ccc2c(SC)cc(N)cc21. The van der Waals surface area contributed by atoms with E-state index in [4.69, 9.17) is 15.2 Å². The highest BCUT2D eigenvalue weighted by Crippen LogP contribution is 2.29. The van der Waals surface area contributed by atoms with Crippen LogP contribution in [0.1, 0.15) is 0 Å². The summed E-state index contributed by atoms with van der Waals surface area (Å²) in [5.41, 5.74) is 7.92. The molecule has 1 aromatic carbocycles. The fraction of sp³-hybridized carbons (Fsp3) is 0.429. The Labute approximate surface area is 117 Å². The Morgan fingerprint density at radius 1 is 1.26 bits per heavy atom. The molecule has 2 rings (SSSR count). The summed E-state index contributed by atoms with van der Waals surface area (Å²) in [6, 6.07) is 6.17. The Hall–Kier alpha value is -1.17. The zero-order chi connectivity index (χ0) is 13.7. The first-order chi connectivity index (χ1) is 9.26. The molecule has 0 fully saturated rings. The van der Waals surface area contributed by atoms with E-state index < -0.39 is 0 Å². The van der Waals surface area contributed by atoms with Gasteiger partial charge in [-0.2, -0.15) is 0 Å². The number of hydrogen-bond acceptors (Lipinski definition) is 4. The molecule has 0 aliphatic heterocycles. The minimum atomic E-state index is 0.633. The molecule has 0 atom stereocenters. The van der Waals surface area contributed by atoms with Gasteiger partial charge in [-0.05, 0) is 24.5 Å². The van der Waals surface area contributed by atoms with Crippen molar-refractivity contribution in [1.29, 1.82) is 0 Å². The number of thioether (sulfide) groups is 1. The molecule has 1 aromatic heterocycles. The van der Waals surface area contributed by atoms with Crippen molar-refractivity contribution < 1.29 is 9.47 Å². The maximum Gasteiger partial charge on any atom is 0.0701 e. The lowest BCUT2D eigenvalue weighted by atomic mass is 10.2. The van der Waals surface area contributed by atoms with Crippen LogP contribution in [0.4, 0.5) is 5.69 Å². The molecule has 0 saturated heterocycles. The summed E-state index contributed by atoms with van der Waals surface area (Å²) in [4.78, 5) is 1.22. The van der Waals surface area contributed by atoms with Gasteiger partial charge in [0.25, 0.3) is 0 Å². The summed E-state index contributed by atoms with van der Waals surface area (Å²) in [7, 11) is 1.68. The number of methoxy groups -OCH3 is 1. The van der Waals surface area contributed by atoms with Crippen LogP contribution in [-0.4, -0.2) is 37.8 Å². The third-order valence-electron chi connectivity index (χ3n) is 3.00. The lowest BCUT2D eigenvalue weighted by Gasteiger charge is -2.08. The van der Waals surface area contributed by atoms with E-state index in [2.05, 4.69) is 23.1 Å². The van der Waals surface area contributed by atoms with Crippen molar-refractivity contribution in [3.05, 3.63) is 24.4 Å². The van der Waals surface area contributed by atoms with Gasteiger partial charge in [0.1, 0.15) is 0 Å². The molecule has 0 unspecified atom stereocenters. The van der Waals surface area contributed by atoms with E-state index in [1.165, 1.54) is 15.8 Å². The van der Waals surface area contributed by atoms with E-state index in [0.29, 0.717) is 19.8 Å². The first-order valence-corrected chi connectivity index (χ1v) is 7.47. The quantitative estimate of drug-likeness (QED) is 0.481. The van der Waals surface area contributed by atoms with Crippen molar-refractivity contribution in [2.24, 2.45) is 0 Å². The van der Waals surface area contributed by atoms with Crippen LogP contribution in [0.3, 0.4) is 0 Å². The van der Waals surface area contributed by atoms with E-state index in [0.717, 1.165) is 12.2 Å². The van der Waals surface area contributed by atoms with Gasteiger partial charge in [0.15, 0.2) is 0 Å². The lowest BCUT2D eigenvalue weighted by molar-refractivity contribution is 0.0670.